The lowest BCUT2D eigenvalue weighted by Crippen LogP contribution is -2.15. The minimum atomic E-state index is 0.458. The summed E-state index contributed by atoms with van der Waals surface area (Å²) in [5, 5.41) is 7.77. The van der Waals surface area contributed by atoms with Crippen LogP contribution in [0.1, 0.15) is 24.6 Å². The molecule has 2 aromatic carbocycles. The monoisotopic (exact) mass is 394 g/mol. The molecule has 3 aromatic rings. The van der Waals surface area contributed by atoms with Crippen molar-refractivity contribution in [1.29, 1.82) is 0 Å². The Bertz CT molecular complexity index is 1000. The van der Waals surface area contributed by atoms with Crippen LogP contribution in [-0.2, 0) is 0 Å². The molecule has 0 amide bonds. The molecule has 4 rings (SSSR count). The van der Waals surface area contributed by atoms with E-state index in [1.165, 1.54) is 0 Å². The van der Waals surface area contributed by atoms with Gasteiger partial charge in [-0.3, -0.25) is 0 Å². The summed E-state index contributed by atoms with van der Waals surface area (Å²) >= 11 is 0. The lowest BCUT2D eigenvalue weighted by molar-refractivity contribution is 0.356. The molecule has 1 fully saturated rings. The zero-order valence-electron chi connectivity index (χ0n) is 17.0. The first-order valence-corrected chi connectivity index (χ1v) is 9.78. The Morgan fingerprint density at radius 2 is 1.55 bits per heavy atom. The first kappa shape index (κ1) is 19.1. The maximum Gasteiger partial charge on any atom is 0.162 e. The van der Waals surface area contributed by atoms with E-state index in [0.717, 1.165) is 53.4 Å². The van der Waals surface area contributed by atoms with Gasteiger partial charge < -0.3 is 24.8 Å². The third-order valence-corrected chi connectivity index (χ3v) is 5.00. The maximum atomic E-state index is 5.46. The zero-order chi connectivity index (χ0) is 20.2. The van der Waals surface area contributed by atoms with E-state index < -0.39 is 0 Å². The van der Waals surface area contributed by atoms with Gasteiger partial charge in [-0.2, -0.15) is 0 Å². The van der Waals surface area contributed by atoms with Crippen LogP contribution in [0.3, 0.4) is 0 Å². The van der Waals surface area contributed by atoms with Crippen LogP contribution in [0.15, 0.2) is 36.4 Å². The molecular formula is C22H26N4O3. The number of anilines is 2. The van der Waals surface area contributed by atoms with Gasteiger partial charge in [0.2, 0.25) is 0 Å². The number of ether oxygens (including phenoxy) is 3. The van der Waals surface area contributed by atoms with Gasteiger partial charge in [-0.05, 0) is 31.0 Å². The minimum Gasteiger partial charge on any atom is -0.495 e. The van der Waals surface area contributed by atoms with Crippen molar-refractivity contribution in [3.63, 3.8) is 0 Å². The molecule has 0 bridgehead atoms. The summed E-state index contributed by atoms with van der Waals surface area (Å²) in [4.78, 5) is 9.56. The van der Waals surface area contributed by atoms with Gasteiger partial charge >= 0.3 is 0 Å². The number of para-hydroxylation sites is 2. The van der Waals surface area contributed by atoms with E-state index in [1.807, 2.05) is 36.4 Å². The highest BCUT2D eigenvalue weighted by atomic mass is 16.5. The van der Waals surface area contributed by atoms with Crippen molar-refractivity contribution in [2.75, 3.05) is 45.1 Å². The Morgan fingerprint density at radius 3 is 2.28 bits per heavy atom. The van der Waals surface area contributed by atoms with Crippen molar-refractivity contribution in [2.24, 2.45) is 0 Å². The first-order chi connectivity index (χ1) is 14.2. The van der Waals surface area contributed by atoms with Crippen LogP contribution in [-0.4, -0.2) is 44.4 Å². The summed E-state index contributed by atoms with van der Waals surface area (Å²) in [5.41, 5.74) is 1.83. The molecule has 0 radical (unpaired) electrons. The molecular weight excluding hydrogens is 368 g/mol. The fourth-order valence-corrected chi connectivity index (χ4v) is 3.30. The van der Waals surface area contributed by atoms with Crippen molar-refractivity contribution in [1.82, 2.24) is 9.97 Å². The topological polar surface area (TPSA) is 77.5 Å². The van der Waals surface area contributed by atoms with Crippen molar-refractivity contribution < 1.29 is 14.2 Å². The fraction of sp³-hybridized carbons (Fsp3) is 0.364. The molecule has 7 heteroatoms. The number of hydrogen-bond donors (Lipinski definition) is 2. The fourth-order valence-electron chi connectivity index (χ4n) is 3.30. The van der Waals surface area contributed by atoms with Gasteiger partial charge in [-0.1, -0.05) is 12.1 Å². The highest BCUT2D eigenvalue weighted by molar-refractivity contribution is 5.92. The average molecular weight is 394 g/mol. The molecule has 1 heterocycles. The van der Waals surface area contributed by atoms with Crippen LogP contribution in [0.4, 0.5) is 11.5 Å². The Hall–Kier alpha value is -3.22. The molecule has 1 aliphatic rings. The highest BCUT2D eigenvalue weighted by Crippen LogP contribution is 2.41. The number of benzene rings is 2. The quantitative estimate of drug-likeness (QED) is 0.530. The van der Waals surface area contributed by atoms with Crippen molar-refractivity contribution >= 4 is 22.4 Å². The van der Waals surface area contributed by atoms with Crippen LogP contribution in [0, 0.1) is 0 Å². The summed E-state index contributed by atoms with van der Waals surface area (Å²) in [6, 6.07) is 11.7. The molecule has 1 aromatic heterocycles. The predicted molar refractivity (Wildman–Crippen MR) is 115 cm³/mol. The highest BCUT2D eigenvalue weighted by Gasteiger charge is 2.28. The average Bonchev–Trinajstić information content (AvgIpc) is 3.61. The molecule has 1 aliphatic carbocycles. The molecule has 1 saturated carbocycles. The Kier molecular flexibility index (Phi) is 5.55. The number of nitrogens with one attached hydrogen (secondary N) is 2. The van der Waals surface area contributed by atoms with Gasteiger partial charge in [-0.25, -0.2) is 9.97 Å². The molecule has 0 atom stereocenters. The number of fused-ring (bicyclic) bond motifs is 1. The van der Waals surface area contributed by atoms with Gasteiger partial charge in [-0.15, -0.1) is 0 Å². The zero-order valence-corrected chi connectivity index (χ0v) is 17.0. The summed E-state index contributed by atoms with van der Waals surface area (Å²) in [6.45, 7) is 1.42. The third-order valence-electron chi connectivity index (χ3n) is 5.00. The van der Waals surface area contributed by atoms with Crippen LogP contribution < -0.4 is 24.8 Å². The summed E-state index contributed by atoms with van der Waals surface area (Å²) in [7, 11) is 4.94. The van der Waals surface area contributed by atoms with Gasteiger partial charge in [0.15, 0.2) is 11.5 Å². The number of rotatable bonds is 9. The van der Waals surface area contributed by atoms with E-state index >= 15 is 0 Å². The van der Waals surface area contributed by atoms with Gasteiger partial charge in [0.1, 0.15) is 17.4 Å². The van der Waals surface area contributed by atoms with E-state index in [2.05, 4.69) is 10.6 Å². The van der Waals surface area contributed by atoms with Crippen LogP contribution in [0.2, 0.25) is 0 Å². The predicted octanol–water partition coefficient (Wildman–Crippen LogP) is 4.06. The SMILES string of the molecule is COc1ccccc1NCCNc1nc(C2CC2)nc2cc(OC)c(OC)cc12. The molecule has 0 unspecified atom stereocenters. The lowest BCUT2D eigenvalue weighted by atomic mass is 10.2. The van der Waals surface area contributed by atoms with E-state index in [9.17, 15) is 0 Å². The minimum absolute atomic E-state index is 0.458. The number of aromatic nitrogens is 2. The summed E-state index contributed by atoms with van der Waals surface area (Å²) < 4.78 is 16.3. The summed E-state index contributed by atoms with van der Waals surface area (Å²) in [5.74, 6) is 4.33. The van der Waals surface area contributed by atoms with Crippen molar-refractivity contribution in [2.45, 2.75) is 18.8 Å². The van der Waals surface area contributed by atoms with Crippen LogP contribution >= 0.6 is 0 Å². The molecule has 2 N–H and O–H groups in total. The number of methoxy groups -OCH3 is 3. The van der Waals surface area contributed by atoms with E-state index in [0.29, 0.717) is 24.0 Å². The first-order valence-electron chi connectivity index (χ1n) is 9.78. The second-order valence-electron chi connectivity index (χ2n) is 6.98. The largest absolute Gasteiger partial charge is 0.495 e. The summed E-state index contributed by atoms with van der Waals surface area (Å²) in [6.07, 6.45) is 2.29. The van der Waals surface area contributed by atoms with E-state index in [1.54, 1.807) is 21.3 Å². The van der Waals surface area contributed by atoms with Gasteiger partial charge in [0, 0.05) is 30.5 Å². The Balaban J connectivity index is 1.55. The van der Waals surface area contributed by atoms with Crippen LogP contribution in [0.5, 0.6) is 17.2 Å². The standard InChI is InChI=1S/C22H26N4O3/c1-27-18-7-5-4-6-16(18)23-10-11-24-22-15-12-19(28-2)20(29-3)13-17(15)25-21(26-22)14-8-9-14/h4-7,12-14,23H,8-11H2,1-3H3,(H,24,25,26). The van der Waals surface area contributed by atoms with Crippen LogP contribution in [0.25, 0.3) is 10.9 Å². The molecule has 152 valence electrons. The Morgan fingerprint density at radius 1 is 0.862 bits per heavy atom. The molecule has 29 heavy (non-hydrogen) atoms. The maximum absolute atomic E-state index is 5.46. The number of hydrogen-bond acceptors (Lipinski definition) is 7. The Labute approximate surface area is 170 Å². The molecule has 0 saturated heterocycles. The normalized spacial score (nSPS) is 13.2. The number of nitrogens with zero attached hydrogens (tertiary/aromatic N) is 2. The second kappa shape index (κ2) is 8.43. The van der Waals surface area contributed by atoms with Crippen molar-refractivity contribution in [3.05, 3.63) is 42.2 Å². The molecule has 7 nitrogen and oxygen atoms in total. The second-order valence-corrected chi connectivity index (χ2v) is 6.98. The van der Waals surface area contributed by atoms with E-state index in [4.69, 9.17) is 24.2 Å². The molecule has 0 aliphatic heterocycles. The van der Waals surface area contributed by atoms with E-state index in [-0.39, 0.29) is 0 Å². The smallest absolute Gasteiger partial charge is 0.162 e. The van der Waals surface area contributed by atoms with Gasteiger partial charge in [0.05, 0.1) is 32.5 Å². The van der Waals surface area contributed by atoms with Gasteiger partial charge in [0.25, 0.3) is 0 Å². The van der Waals surface area contributed by atoms with Crippen molar-refractivity contribution in [3.8, 4) is 17.2 Å². The molecule has 0 spiro atoms. The third kappa shape index (κ3) is 4.13. The lowest BCUT2D eigenvalue weighted by Gasteiger charge is -2.15.